The number of nitrogens with one attached hydrogen (secondary N) is 2. The second-order valence-corrected chi connectivity index (χ2v) is 6.92. The summed E-state index contributed by atoms with van der Waals surface area (Å²) < 4.78 is 1.83. The van der Waals surface area contributed by atoms with Gasteiger partial charge in [-0.25, -0.2) is 4.68 Å². The summed E-state index contributed by atoms with van der Waals surface area (Å²) in [6.45, 7) is 1.51. The zero-order chi connectivity index (χ0) is 17.5. The van der Waals surface area contributed by atoms with Crippen LogP contribution in [-0.4, -0.2) is 29.3 Å². The first-order valence-corrected chi connectivity index (χ1v) is 9.27. The van der Waals surface area contributed by atoms with Crippen LogP contribution in [0.1, 0.15) is 10.4 Å². The Labute approximate surface area is 156 Å². The van der Waals surface area contributed by atoms with Crippen molar-refractivity contribution in [3.8, 4) is 5.69 Å². The summed E-state index contributed by atoms with van der Waals surface area (Å²) in [7, 11) is 1.78. The highest BCUT2D eigenvalue weighted by molar-refractivity contribution is 7.09. The Hall–Kier alpha value is -2.31. The van der Waals surface area contributed by atoms with Crippen LogP contribution in [0.15, 0.2) is 59.2 Å². The summed E-state index contributed by atoms with van der Waals surface area (Å²) in [4.78, 5) is 5.62. The van der Waals surface area contributed by atoms with Gasteiger partial charge in [0.25, 0.3) is 0 Å². The monoisotopic (exact) mass is 373 g/mol. The molecule has 1 aromatic carbocycles. The van der Waals surface area contributed by atoms with Crippen LogP contribution in [-0.2, 0) is 13.0 Å². The zero-order valence-electron chi connectivity index (χ0n) is 13.9. The molecule has 0 amide bonds. The van der Waals surface area contributed by atoms with Crippen LogP contribution in [0.2, 0.25) is 5.02 Å². The topological polar surface area (TPSA) is 54.2 Å². The molecule has 0 saturated heterocycles. The van der Waals surface area contributed by atoms with Crippen molar-refractivity contribution in [1.29, 1.82) is 0 Å². The molecule has 2 heterocycles. The third-order valence-electron chi connectivity index (χ3n) is 3.65. The first-order chi connectivity index (χ1) is 12.2. The van der Waals surface area contributed by atoms with Crippen LogP contribution in [0.3, 0.4) is 0 Å². The lowest BCUT2D eigenvalue weighted by atomic mass is 10.3. The molecule has 5 nitrogen and oxygen atoms in total. The summed E-state index contributed by atoms with van der Waals surface area (Å²) in [5.74, 6) is 0.788. The van der Waals surface area contributed by atoms with Gasteiger partial charge < -0.3 is 10.6 Å². The average molecular weight is 374 g/mol. The van der Waals surface area contributed by atoms with Gasteiger partial charge in [0.05, 0.1) is 11.9 Å². The molecule has 0 radical (unpaired) electrons. The first-order valence-electron chi connectivity index (χ1n) is 8.01. The lowest BCUT2D eigenvalue weighted by Crippen LogP contribution is -2.37. The smallest absolute Gasteiger partial charge is 0.191 e. The minimum Gasteiger partial charge on any atom is -0.356 e. The largest absolute Gasteiger partial charge is 0.356 e. The fourth-order valence-corrected chi connectivity index (χ4v) is 3.19. The summed E-state index contributed by atoms with van der Waals surface area (Å²) in [6.07, 6.45) is 4.84. The van der Waals surface area contributed by atoms with Crippen LogP contribution in [0.4, 0.5) is 0 Å². The van der Waals surface area contributed by atoms with E-state index in [0.717, 1.165) is 35.2 Å². The molecule has 0 bridgehead atoms. The Morgan fingerprint density at radius 1 is 1.24 bits per heavy atom. The minimum atomic E-state index is 0.659. The minimum absolute atomic E-state index is 0.659. The molecule has 0 saturated carbocycles. The van der Waals surface area contributed by atoms with Gasteiger partial charge in [-0.15, -0.1) is 11.3 Å². The van der Waals surface area contributed by atoms with E-state index in [4.69, 9.17) is 11.6 Å². The van der Waals surface area contributed by atoms with E-state index in [1.165, 1.54) is 4.88 Å². The van der Waals surface area contributed by atoms with Gasteiger partial charge >= 0.3 is 0 Å². The van der Waals surface area contributed by atoms with Crippen LogP contribution in [0.5, 0.6) is 0 Å². The van der Waals surface area contributed by atoms with E-state index in [0.29, 0.717) is 6.54 Å². The van der Waals surface area contributed by atoms with Gasteiger partial charge in [0.15, 0.2) is 5.96 Å². The molecule has 25 heavy (non-hydrogen) atoms. The van der Waals surface area contributed by atoms with Gasteiger partial charge in [0.2, 0.25) is 0 Å². The number of hydrogen-bond donors (Lipinski definition) is 2. The van der Waals surface area contributed by atoms with Crippen LogP contribution in [0.25, 0.3) is 5.69 Å². The molecule has 0 unspecified atom stereocenters. The van der Waals surface area contributed by atoms with Crippen molar-refractivity contribution in [1.82, 2.24) is 20.4 Å². The van der Waals surface area contributed by atoms with Crippen molar-refractivity contribution in [2.75, 3.05) is 13.6 Å². The summed E-state index contributed by atoms with van der Waals surface area (Å²) >= 11 is 7.69. The van der Waals surface area contributed by atoms with Crippen molar-refractivity contribution in [2.24, 2.45) is 4.99 Å². The molecule has 0 spiro atoms. The average Bonchev–Trinajstić information content (AvgIpc) is 3.30. The van der Waals surface area contributed by atoms with Crippen molar-refractivity contribution in [3.63, 3.8) is 0 Å². The molecule has 130 valence electrons. The molecule has 3 aromatic rings. The number of halogens is 1. The SMILES string of the molecule is CN=C(NCCc1cccs1)NCc1cnn(-c2ccc(Cl)cc2)c1. The summed E-state index contributed by atoms with van der Waals surface area (Å²) in [5, 5.41) is 13.8. The number of guanidine groups is 1. The Morgan fingerprint density at radius 3 is 2.80 bits per heavy atom. The predicted octanol–water partition coefficient (Wildman–Crippen LogP) is 3.49. The summed E-state index contributed by atoms with van der Waals surface area (Å²) in [6, 6.07) is 11.8. The molecule has 2 aromatic heterocycles. The molecule has 0 aliphatic heterocycles. The fourth-order valence-electron chi connectivity index (χ4n) is 2.35. The van der Waals surface area contributed by atoms with E-state index in [9.17, 15) is 0 Å². The maximum Gasteiger partial charge on any atom is 0.191 e. The van der Waals surface area contributed by atoms with E-state index in [1.807, 2.05) is 41.3 Å². The lowest BCUT2D eigenvalue weighted by molar-refractivity contribution is 0.798. The van der Waals surface area contributed by atoms with Crippen LogP contribution < -0.4 is 10.6 Å². The fraction of sp³-hybridized carbons (Fsp3) is 0.222. The van der Waals surface area contributed by atoms with Crippen molar-refractivity contribution in [3.05, 3.63) is 69.6 Å². The van der Waals surface area contributed by atoms with Crippen molar-refractivity contribution < 1.29 is 0 Å². The highest BCUT2D eigenvalue weighted by Crippen LogP contribution is 2.13. The standard InChI is InChI=1S/C18H20ClN5S/c1-20-18(21-9-8-17-3-2-10-25-17)22-11-14-12-23-24(13-14)16-6-4-15(19)5-7-16/h2-7,10,12-13H,8-9,11H2,1H3,(H2,20,21,22). The van der Waals surface area contributed by atoms with Gasteiger partial charge in [-0.3, -0.25) is 4.99 Å². The van der Waals surface area contributed by atoms with Gasteiger partial charge in [-0.1, -0.05) is 17.7 Å². The molecular formula is C18H20ClN5S. The highest BCUT2D eigenvalue weighted by atomic mass is 35.5. The molecule has 7 heteroatoms. The molecule has 0 atom stereocenters. The number of aliphatic imine (C=N–C) groups is 1. The number of aromatic nitrogens is 2. The number of rotatable bonds is 6. The Bertz CT molecular complexity index is 808. The maximum absolute atomic E-state index is 5.92. The van der Waals surface area contributed by atoms with E-state index >= 15 is 0 Å². The van der Waals surface area contributed by atoms with Gasteiger partial charge in [-0.2, -0.15) is 5.10 Å². The first kappa shape index (κ1) is 17.5. The normalized spacial score (nSPS) is 11.5. The van der Waals surface area contributed by atoms with Gasteiger partial charge in [-0.05, 0) is 42.1 Å². The lowest BCUT2D eigenvalue weighted by Gasteiger charge is -2.10. The third kappa shape index (κ3) is 5.08. The molecule has 0 fully saturated rings. The number of benzene rings is 1. The Kier molecular flexibility index (Phi) is 6.09. The molecule has 3 rings (SSSR count). The van der Waals surface area contributed by atoms with Crippen LogP contribution in [0, 0.1) is 0 Å². The second-order valence-electron chi connectivity index (χ2n) is 5.45. The van der Waals surface area contributed by atoms with E-state index in [2.05, 4.69) is 38.2 Å². The Balaban J connectivity index is 1.49. The molecule has 0 aliphatic carbocycles. The van der Waals surface area contributed by atoms with E-state index < -0.39 is 0 Å². The highest BCUT2D eigenvalue weighted by Gasteiger charge is 2.03. The van der Waals surface area contributed by atoms with Crippen LogP contribution >= 0.6 is 22.9 Å². The molecule has 2 N–H and O–H groups in total. The molecule has 0 aliphatic rings. The van der Waals surface area contributed by atoms with Crippen molar-refractivity contribution >= 4 is 28.9 Å². The van der Waals surface area contributed by atoms with Crippen molar-refractivity contribution in [2.45, 2.75) is 13.0 Å². The maximum atomic E-state index is 5.92. The van der Waals surface area contributed by atoms with E-state index in [1.54, 1.807) is 18.4 Å². The summed E-state index contributed by atoms with van der Waals surface area (Å²) in [5.41, 5.74) is 2.06. The van der Waals surface area contributed by atoms with Gasteiger partial charge in [0, 0.05) is 41.8 Å². The Morgan fingerprint density at radius 2 is 2.08 bits per heavy atom. The third-order valence-corrected chi connectivity index (χ3v) is 4.84. The number of nitrogens with zero attached hydrogens (tertiary/aromatic N) is 3. The predicted molar refractivity (Wildman–Crippen MR) is 105 cm³/mol. The quantitative estimate of drug-likeness (QED) is 0.513. The zero-order valence-corrected chi connectivity index (χ0v) is 15.5. The van der Waals surface area contributed by atoms with Gasteiger partial charge in [0.1, 0.15) is 0 Å². The van der Waals surface area contributed by atoms with E-state index in [-0.39, 0.29) is 0 Å². The number of hydrogen-bond acceptors (Lipinski definition) is 3. The number of thiophene rings is 1. The molecular weight excluding hydrogens is 354 g/mol. The second kappa shape index (κ2) is 8.69.